The number of halogens is 3. The monoisotopic (exact) mass is 302 g/mol. The van der Waals surface area contributed by atoms with E-state index in [0.29, 0.717) is 12.5 Å². The van der Waals surface area contributed by atoms with Crippen molar-refractivity contribution in [3.05, 3.63) is 40.1 Å². The van der Waals surface area contributed by atoms with Crippen molar-refractivity contribution in [2.45, 2.75) is 32.5 Å². The van der Waals surface area contributed by atoms with Crippen LogP contribution >= 0.6 is 11.3 Å². The normalized spacial score (nSPS) is 12.1. The van der Waals surface area contributed by atoms with Crippen molar-refractivity contribution in [1.82, 2.24) is 9.55 Å². The lowest BCUT2D eigenvalue weighted by molar-refractivity contribution is -0.0885. The Labute approximate surface area is 118 Å². The van der Waals surface area contributed by atoms with E-state index < -0.39 is 12.0 Å². The average Bonchev–Trinajstić information content (AvgIpc) is 2.96. The van der Waals surface area contributed by atoms with Crippen LogP contribution in [-0.2, 0) is 6.54 Å². The molecule has 2 aromatic rings. The van der Waals surface area contributed by atoms with E-state index in [4.69, 9.17) is 0 Å². The Hall–Kier alpha value is -1.63. The zero-order valence-corrected chi connectivity index (χ0v) is 11.8. The first-order valence-corrected chi connectivity index (χ1v) is 6.87. The molecule has 0 atom stereocenters. The van der Waals surface area contributed by atoms with Crippen LogP contribution in [-0.4, -0.2) is 21.5 Å². The van der Waals surface area contributed by atoms with Crippen LogP contribution in [0.5, 0.6) is 0 Å². The summed E-state index contributed by atoms with van der Waals surface area (Å²) in [5, 5.41) is 2.86. The number of nitrogens with zero attached hydrogens (tertiary/aromatic N) is 2. The highest BCUT2D eigenvalue weighted by Gasteiger charge is 2.39. The lowest BCUT2D eigenvalue weighted by atomic mass is 10.2. The third-order valence-corrected chi connectivity index (χ3v) is 3.87. The van der Waals surface area contributed by atoms with Crippen LogP contribution in [0.3, 0.4) is 0 Å². The Morgan fingerprint density at radius 1 is 1.45 bits per heavy atom. The van der Waals surface area contributed by atoms with Gasteiger partial charge in [-0.2, -0.15) is 13.2 Å². The number of ketones is 1. The van der Waals surface area contributed by atoms with Gasteiger partial charge in [0.15, 0.2) is 0 Å². The number of Topliss-reactive ketones (excluding diaryl/α,β-unsaturated/α-hetero) is 1. The van der Waals surface area contributed by atoms with Crippen LogP contribution in [0.15, 0.2) is 23.8 Å². The topological polar surface area (TPSA) is 34.9 Å². The van der Waals surface area contributed by atoms with E-state index in [9.17, 15) is 18.0 Å². The Morgan fingerprint density at radius 2 is 2.15 bits per heavy atom. The SMILES string of the molecule is CC(C)c1nc(Cn2ccc(C(=O)C(F)(F)F)c2)cs1. The highest BCUT2D eigenvalue weighted by atomic mass is 32.1. The Morgan fingerprint density at radius 3 is 2.70 bits per heavy atom. The lowest BCUT2D eigenvalue weighted by Gasteiger charge is -2.02. The number of carbonyl (C=O) groups excluding carboxylic acids is 1. The molecule has 2 aromatic heterocycles. The highest BCUT2D eigenvalue weighted by molar-refractivity contribution is 7.09. The minimum atomic E-state index is -4.84. The van der Waals surface area contributed by atoms with Crippen molar-refractivity contribution in [2.75, 3.05) is 0 Å². The van der Waals surface area contributed by atoms with Gasteiger partial charge in [-0.1, -0.05) is 13.8 Å². The molecule has 0 N–H and O–H groups in total. The molecule has 0 aromatic carbocycles. The van der Waals surface area contributed by atoms with E-state index in [0.717, 1.165) is 10.7 Å². The molecule has 0 amide bonds. The van der Waals surface area contributed by atoms with Crippen LogP contribution in [0.2, 0.25) is 0 Å². The van der Waals surface area contributed by atoms with E-state index in [1.165, 1.54) is 34.4 Å². The predicted octanol–water partition coefficient (Wildman–Crippen LogP) is 3.86. The molecule has 20 heavy (non-hydrogen) atoms. The van der Waals surface area contributed by atoms with Gasteiger partial charge < -0.3 is 4.57 Å². The Kier molecular flexibility index (Phi) is 3.99. The first-order chi connectivity index (χ1) is 9.27. The summed E-state index contributed by atoms with van der Waals surface area (Å²) in [6.07, 6.45) is -2.19. The third-order valence-electron chi connectivity index (χ3n) is 2.68. The summed E-state index contributed by atoms with van der Waals surface area (Å²) in [6, 6.07) is 1.17. The van der Waals surface area contributed by atoms with Gasteiger partial charge >= 0.3 is 6.18 Å². The van der Waals surface area contributed by atoms with Crippen molar-refractivity contribution in [2.24, 2.45) is 0 Å². The van der Waals surface area contributed by atoms with Crippen molar-refractivity contribution in [3.8, 4) is 0 Å². The summed E-state index contributed by atoms with van der Waals surface area (Å²) in [4.78, 5) is 15.5. The van der Waals surface area contributed by atoms with Gasteiger partial charge in [0.05, 0.1) is 17.2 Å². The van der Waals surface area contributed by atoms with Crippen molar-refractivity contribution >= 4 is 17.1 Å². The van der Waals surface area contributed by atoms with Gasteiger partial charge in [0.25, 0.3) is 5.78 Å². The maximum absolute atomic E-state index is 12.3. The largest absolute Gasteiger partial charge is 0.454 e. The van der Waals surface area contributed by atoms with E-state index in [-0.39, 0.29) is 5.56 Å². The maximum Gasteiger partial charge on any atom is 0.454 e. The molecule has 0 aliphatic carbocycles. The fourth-order valence-corrected chi connectivity index (χ4v) is 2.51. The zero-order chi connectivity index (χ0) is 14.9. The second-order valence-electron chi connectivity index (χ2n) is 4.73. The van der Waals surface area contributed by atoms with E-state index in [1.807, 2.05) is 19.2 Å². The number of alkyl halides is 3. The van der Waals surface area contributed by atoms with E-state index in [2.05, 4.69) is 4.98 Å². The third kappa shape index (κ3) is 3.27. The minimum Gasteiger partial charge on any atom is -0.348 e. The van der Waals surface area contributed by atoms with Gasteiger partial charge in [0.2, 0.25) is 0 Å². The predicted molar refractivity (Wildman–Crippen MR) is 70.1 cm³/mol. The molecule has 108 valence electrons. The molecule has 0 saturated carbocycles. The van der Waals surface area contributed by atoms with Crippen LogP contribution in [0.4, 0.5) is 13.2 Å². The maximum atomic E-state index is 12.3. The van der Waals surface area contributed by atoms with E-state index in [1.54, 1.807) is 0 Å². The van der Waals surface area contributed by atoms with Gasteiger partial charge in [-0.25, -0.2) is 4.98 Å². The second-order valence-corrected chi connectivity index (χ2v) is 5.62. The smallest absolute Gasteiger partial charge is 0.348 e. The van der Waals surface area contributed by atoms with Gasteiger partial charge in [-0.05, 0) is 6.07 Å². The van der Waals surface area contributed by atoms with E-state index >= 15 is 0 Å². The number of thiazole rings is 1. The summed E-state index contributed by atoms with van der Waals surface area (Å²) in [5.41, 5.74) is 0.428. The molecule has 7 heteroatoms. The Bertz CT molecular complexity index is 613. The number of hydrogen-bond acceptors (Lipinski definition) is 3. The lowest BCUT2D eigenvalue weighted by Crippen LogP contribution is -2.22. The number of rotatable bonds is 4. The van der Waals surface area contributed by atoms with Crippen LogP contribution < -0.4 is 0 Å². The number of aromatic nitrogens is 2. The standard InChI is InChI=1S/C13H13F3N2OS/c1-8(2)12-17-10(7-20-12)6-18-4-3-9(5-18)11(19)13(14,15)16/h3-5,7-8H,6H2,1-2H3. The quantitative estimate of drug-likeness (QED) is 0.804. The molecule has 2 rings (SSSR count). The molecule has 0 saturated heterocycles. The summed E-state index contributed by atoms with van der Waals surface area (Å²) < 4.78 is 38.4. The molecule has 0 radical (unpaired) electrons. The fraction of sp³-hybridized carbons (Fsp3) is 0.385. The molecule has 0 bridgehead atoms. The fourth-order valence-electron chi connectivity index (χ4n) is 1.68. The first-order valence-electron chi connectivity index (χ1n) is 5.99. The molecule has 0 fully saturated rings. The van der Waals surface area contributed by atoms with Crippen LogP contribution in [0.1, 0.15) is 40.8 Å². The molecule has 2 heterocycles. The van der Waals surface area contributed by atoms with Crippen molar-refractivity contribution in [1.29, 1.82) is 0 Å². The van der Waals surface area contributed by atoms with Gasteiger partial charge in [0, 0.05) is 29.3 Å². The molecule has 0 unspecified atom stereocenters. The van der Waals surface area contributed by atoms with Gasteiger partial charge in [0.1, 0.15) is 0 Å². The minimum absolute atomic E-state index is 0.320. The molecular weight excluding hydrogens is 289 g/mol. The van der Waals surface area contributed by atoms with Crippen LogP contribution in [0.25, 0.3) is 0 Å². The van der Waals surface area contributed by atoms with Crippen LogP contribution in [0, 0.1) is 0 Å². The van der Waals surface area contributed by atoms with Crippen molar-refractivity contribution < 1.29 is 18.0 Å². The zero-order valence-electron chi connectivity index (χ0n) is 10.9. The first kappa shape index (κ1) is 14.8. The summed E-state index contributed by atoms with van der Waals surface area (Å²) in [5.74, 6) is -1.50. The highest BCUT2D eigenvalue weighted by Crippen LogP contribution is 2.23. The average molecular weight is 302 g/mol. The molecule has 0 spiro atoms. The summed E-state index contributed by atoms with van der Waals surface area (Å²) >= 11 is 1.52. The second kappa shape index (κ2) is 5.40. The molecule has 0 aliphatic rings. The van der Waals surface area contributed by atoms with Gasteiger partial charge in [-0.15, -0.1) is 11.3 Å². The Balaban J connectivity index is 2.11. The summed E-state index contributed by atoms with van der Waals surface area (Å²) in [7, 11) is 0. The summed E-state index contributed by atoms with van der Waals surface area (Å²) in [6.45, 7) is 4.41. The molecular formula is C13H13F3N2OS. The van der Waals surface area contributed by atoms with Crippen molar-refractivity contribution in [3.63, 3.8) is 0 Å². The molecule has 0 aliphatic heterocycles. The van der Waals surface area contributed by atoms with Gasteiger partial charge in [-0.3, -0.25) is 4.79 Å². The molecule has 3 nitrogen and oxygen atoms in total. The number of carbonyl (C=O) groups is 1. The number of hydrogen-bond donors (Lipinski definition) is 0.